The van der Waals surface area contributed by atoms with E-state index in [9.17, 15) is 9.59 Å². The van der Waals surface area contributed by atoms with E-state index in [4.69, 9.17) is 19.7 Å². The first-order valence-electron chi connectivity index (χ1n) is 4.80. The summed E-state index contributed by atoms with van der Waals surface area (Å²) in [6.45, 7) is 5.75. The molecule has 0 saturated carbocycles. The van der Waals surface area contributed by atoms with Gasteiger partial charge in [-0.1, -0.05) is 6.08 Å². The zero-order chi connectivity index (χ0) is 12.4. The number of hydrogen-bond acceptors (Lipinski definition) is 4. The average molecular weight is 232 g/mol. The fourth-order valence-corrected chi connectivity index (χ4v) is 0.661. The molecule has 0 amide bonds. The number of ether oxygens (including phenoxy) is 2. The minimum Gasteiger partial charge on any atom is -0.481 e. The molecule has 0 aromatic heterocycles. The lowest BCUT2D eigenvalue weighted by atomic mass is 10.3. The molecule has 1 rings (SSSR count). The summed E-state index contributed by atoms with van der Waals surface area (Å²) in [4.78, 5) is 19.3. The van der Waals surface area contributed by atoms with Gasteiger partial charge in [0, 0.05) is 0 Å². The van der Waals surface area contributed by atoms with Gasteiger partial charge in [0.15, 0.2) is 0 Å². The van der Waals surface area contributed by atoms with Crippen LogP contribution in [0, 0.1) is 0 Å². The molecule has 92 valence electrons. The Morgan fingerprint density at radius 1 is 1.38 bits per heavy atom. The van der Waals surface area contributed by atoms with Gasteiger partial charge in [-0.25, -0.2) is 0 Å². The summed E-state index contributed by atoms with van der Waals surface area (Å²) >= 11 is 0. The highest BCUT2D eigenvalue weighted by molar-refractivity contribution is 5.75. The first kappa shape index (κ1) is 14.6. The highest BCUT2D eigenvalue weighted by Crippen LogP contribution is 2.07. The molecule has 0 aromatic carbocycles. The number of carbonyl (C=O) groups is 2. The van der Waals surface area contributed by atoms with Gasteiger partial charge < -0.3 is 19.7 Å². The van der Waals surface area contributed by atoms with Crippen molar-refractivity contribution in [3.63, 3.8) is 0 Å². The molecule has 6 nitrogen and oxygen atoms in total. The summed E-state index contributed by atoms with van der Waals surface area (Å²) in [5.74, 6) is -2.15. The van der Waals surface area contributed by atoms with Crippen LogP contribution in [0.5, 0.6) is 0 Å². The molecule has 0 bridgehead atoms. The number of aliphatic carboxylic acids is 2. The molecule has 0 radical (unpaired) electrons. The smallest absolute Gasteiger partial charge is 0.303 e. The largest absolute Gasteiger partial charge is 0.481 e. The second-order valence-electron chi connectivity index (χ2n) is 3.07. The molecular weight excluding hydrogens is 216 g/mol. The van der Waals surface area contributed by atoms with E-state index in [-0.39, 0.29) is 12.8 Å². The number of carboxylic acid groups (broad SMARTS) is 2. The lowest BCUT2D eigenvalue weighted by Crippen LogP contribution is -2.00. The Hall–Kier alpha value is -1.40. The Morgan fingerprint density at radius 3 is 2.19 bits per heavy atom. The first-order valence-corrected chi connectivity index (χ1v) is 4.80. The summed E-state index contributed by atoms with van der Waals surface area (Å²) in [7, 11) is 0. The van der Waals surface area contributed by atoms with E-state index in [0.29, 0.717) is 12.7 Å². The topological polar surface area (TPSA) is 96.4 Å². The van der Waals surface area contributed by atoms with E-state index < -0.39 is 11.9 Å². The van der Waals surface area contributed by atoms with E-state index in [1.807, 2.05) is 0 Å². The van der Waals surface area contributed by atoms with Crippen LogP contribution < -0.4 is 0 Å². The molecule has 16 heavy (non-hydrogen) atoms. The number of rotatable bonds is 7. The lowest BCUT2D eigenvalue weighted by molar-refractivity contribution is -0.143. The van der Waals surface area contributed by atoms with Crippen LogP contribution in [0.25, 0.3) is 0 Å². The van der Waals surface area contributed by atoms with Crippen molar-refractivity contribution in [3.05, 3.63) is 12.7 Å². The molecule has 0 aromatic rings. The van der Waals surface area contributed by atoms with Gasteiger partial charge in [0.2, 0.25) is 0 Å². The monoisotopic (exact) mass is 232 g/mol. The minimum atomic E-state index is -1.08. The van der Waals surface area contributed by atoms with E-state index >= 15 is 0 Å². The van der Waals surface area contributed by atoms with Gasteiger partial charge in [-0.05, 0) is 0 Å². The van der Waals surface area contributed by atoms with Crippen molar-refractivity contribution in [1.29, 1.82) is 0 Å². The predicted octanol–water partition coefficient (Wildman–Crippen LogP) is 0.524. The maximum atomic E-state index is 9.64. The molecule has 1 aliphatic rings. The molecule has 0 spiro atoms. The van der Waals surface area contributed by atoms with Gasteiger partial charge in [0.25, 0.3) is 0 Å². The van der Waals surface area contributed by atoms with Gasteiger partial charge in [-0.2, -0.15) is 0 Å². The van der Waals surface area contributed by atoms with Crippen LogP contribution in [-0.4, -0.2) is 48.1 Å². The Labute approximate surface area is 93.5 Å². The van der Waals surface area contributed by atoms with Gasteiger partial charge >= 0.3 is 11.9 Å². The molecule has 2 N–H and O–H groups in total. The van der Waals surface area contributed by atoms with Crippen molar-refractivity contribution >= 4 is 11.9 Å². The van der Waals surface area contributed by atoms with Crippen molar-refractivity contribution < 1.29 is 29.3 Å². The molecule has 6 heteroatoms. The summed E-state index contributed by atoms with van der Waals surface area (Å²) < 4.78 is 9.96. The van der Waals surface area contributed by atoms with Crippen molar-refractivity contribution in [2.24, 2.45) is 0 Å². The number of hydrogen-bond donors (Lipinski definition) is 2. The second kappa shape index (κ2) is 8.87. The molecule has 1 fully saturated rings. The van der Waals surface area contributed by atoms with Crippen LogP contribution in [0.1, 0.15) is 12.8 Å². The fraction of sp³-hybridized carbons (Fsp3) is 0.600. The van der Waals surface area contributed by atoms with Crippen LogP contribution in [0.3, 0.4) is 0 Å². The number of epoxide rings is 1. The Balaban J connectivity index is 0.000000281. The molecule has 1 saturated heterocycles. The summed E-state index contributed by atoms with van der Waals surface area (Å²) in [5, 5.41) is 15.8. The van der Waals surface area contributed by atoms with Gasteiger partial charge in [-0.3, -0.25) is 9.59 Å². The van der Waals surface area contributed by atoms with Crippen LogP contribution in [0.4, 0.5) is 0 Å². The normalized spacial score (nSPS) is 16.9. The molecule has 1 unspecified atom stereocenters. The summed E-state index contributed by atoms with van der Waals surface area (Å²) in [6, 6.07) is 0. The standard InChI is InChI=1S/C6H10O2.C4H6O4/c1-2-3-7-4-6-5-8-6;5-3(6)1-2-4(7)8/h2,6H,1,3-5H2;1-2H2,(H,5,6)(H,7,8). The van der Waals surface area contributed by atoms with Gasteiger partial charge in [0.05, 0.1) is 32.7 Å². The Kier molecular flexibility index (Phi) is 8.10. The second-order valence-corrected chi connectivity index (χ2v) is 3.07. The van der Waals surface area contributed by atoms with Crippen molar-refractivity contribution in [2.45, 2.75) is 18.9 Å². The molecular formula is C10H16O6. The minimum absolute atomic E-state index is 0.296. The van der Waals surface area contributed by atoms with Crippen molar-refractivity contribution in [1.82, 2.24) is 0 Å². The third-order valence-corrected chi connectivity index (χ3v) is 1.49. The first-order chi connectivity index (χ1) is 7.56. The SMILES string of the molecule is C=CCOCC1CO1.O=C(O)CCC(=O)O. The lowest BCUT2D eigenvalue weighted by Gasteiger charge is -1.92. The molecule has 1 aliphatic heterocycles. The third-order valence-electron chi connectivity index (χ3n) is 1.49. The molecule has 0 aliphatic carbocycles. The van der Waals surface area contributed by atoms with E-state index in [1.165, 1.54) is 0 Å². The predicted molar refractivity (Wildman–Crippen MR) is 55.3 cm³/mol. The van der Waals surface area contributed by atoms with Crippen LogP contribution in [0.2, 0.25) is 0 Å². The fourth-order valence-electron chi connectivity index (χ4n) is 0.661. The van der Waals surface area contributed by atoms with Crippen LogP contribution in [0.15, 0.2) is 12.7 Å². The molecule has 1 atom stereocenters. The van der Waals surface area contributed by atoms with Crippen LogP contribution >= 0.6 is 0 Å². The van der Waals surface area contributed by atoms with Crippen molar-refractivity contribution in [2.75, 3.05) is 19.8 Å². The van der Waals surface area contributed by atoms with E-state index in [2.05, 4.69) is 6.58 Å². The highest BCUT2D eigenvalue weighted by atomic mass is 16.6. The highest BCUT2D eigenvalue weighted by Gasteiger charge is 2.21. The van der Waals surface area contributed by atoms with E-state index in [1.54, 1.807) is 6.08 Å². The van der Waals surface area contributed by atoms with Gasteiger partial charge in [-0.15, -0.1) is 6.58 Å². The average Bonchev–Trinajstić information content (AvgIpc) is 3.00. The van der Waals surface area contributed by atoms with E-state index in [0.717, 1.165) is 13.2 Å². The maximum absolute atomic E-state index is 9.64. The van der Waals surface area contributed by atoms with Crippen LogP contribution in [-0.2, 0) is 19.1 Å². The van der Waals surface area contributed by atoms with Gasteiger partial charge in [0.1, 0.15) is 6.10 Å². The third kappa shape index (κ3) is 12.6. The van der Waals surface area contributed by atoms with Crippen molar-refractivity contribution in [3.8, 4) is 0 Å². The zero-order valence-electron chi connectivity index (χ0n) is 8.92. The molecule has 1 heterocycles. The Bertz CT molecular complexity index is 219. The number of carboxylic acids is 2. The summed E-state index contributed by atoms with van der Waals surface area (Å²) in [5.41, 5.74) is 0. The maximum Gasteiger partial charge on any atom is 0.303 e. The summed E-state index contributed by atoms with van der Waals surface area (Å²) in [6.07, 6.45) is 1.53. The Morgan fingerprint density at radius 2 is 1.88 bits per heavy atom. The quantitative estimate of drug-likeness (QED) is 0.377. The zero-order valence-corrected chi connectivity index (χ0v) is 8.92.